The molecule has 0 bridgehead atoms. The van der Waals surface area contributed by atoms with Crippen LogP contribution in [0.2, 0.25) is 0 Å². The highest BCUT2D eigenvalue weighted by molar-refractivity contribution is 5.91. The first-order valence-electron chi connectivity index (χ1n) is 7.88. The second-order valence-electron chi connectivity index (χ2n) is 5.70. The molecule has 0 heterocycles. The Morgan fingerprint density at radius 3 is 2.70 bits per heavy atom. The van der Waals surface area contributed by atoms with E-state index in [0.717, 1.165) is 22.3 Å². The lowest BCUT2D eigenvalue weighted by Gasteiger charge is -2.31. The highest BCUT2D eigenvalue weighted by Crippen LogP contribution is 2.38. The molecule has 1 aromatic rings. The van der Waals surface area contributed by atoms with Gasteiger partial charge in [-0.05, 0) is 36.1 Å². The van der Waals surface area contributed by atoms with Gasteiger partial charge in [-0.15, -0.1) is 0 Å². The van der Waals surface area contributed by atoms with E-state index >= 15 is 0 Å². The fourth-order valence-corrected chi connectivity index (χ4v) is 3.06. The van der Waals surface area contributed by atoms with Crippen LogP contribution in [0.4, 0.5) is 0 Å². The first-order chi connectivity index (χ1) is 11.2. The summed E-state index contributed by atoms with van der Waals surface area (Å²) in [5, 5.41) is 0. The smallest absolute Gasteiger partial charge is 0.324 e. The Morgan fingerprint density at radius 2 is 1.91 bits per heavy atom. The average molecular weight is 304 g/mol. The zero-order valence-electron chi connectivity index (χ0n) is 13.5. The van der Waals surface area contributed by atoms with Gasteiger partial charge in [0.05, 0.1) is 6.61 Å². The van der Waals surface area contributed by atoms with Crippen molar-refractivity contribution in [2.24, 2.45) is 0 Å². The molecular formula is C21H20O2. The molecule has 0 aliphatic heterocycles. The summed E-state index contributed by atoms with van der Waals surface area (Å²) in [5.74, 6) is -0.234. The predicted octanol–water partition coefficient (Wildman–Crippen LogP) is 4.34. The lowest BCUT2D eigenvalue weighted by atomic mass is 9.73. The fraction of sp³-hybridized carbons (Fsp3) is 0.190. The summed E-state index contributed by atoms with van der Waals surface area (Å²) in [6.45, 7) is 4.23. The quantitative estimate of drug-likeness (QED) is 0.776. The molecule has 0 spiro atoms. The molecule has 0 fully saturated rings. The summed E-state index contributed by atoms with van der Waals surface area (Å²) in [6.07, 6.45) is 16.0. The van der Waals surface area contributed by atoms with Crippen LogP contribution >= 0.6 is 0 Å². The van der Waals surface area contributed by atoms with Gasteiger partial charge >= 0.3 is 5.97 Å². The summed E-state index contributed by atoms with van der Waals surface area (Å²) in [6, 6.07) is 7.98. The van der Waals surface area contributed by atoms with Gasteiger partial charge < -0.3 is 4.74 Å². The molecule has 1 aromatic carbocycles. The summed E-state index contributed by atoms with van der Waals surface area (Å²) >= 11 is 0. The standard InChI is InChI=1S/C21H20O2/c1-3-23-20(22)21(19-12-8-7-9-16(19)2)14-13-17-10-5-4-6-11-18(17)15-21/h4-15H,3H2,1-2H3. The SMILES string of the molecule is CCOC(=O)C1(c2ccccc2C)C=CC2=CC=CC=CC2=C1. The number of hydrogen-bond acceptors (Lipinski definition) is 2. The molecule has 2 aliphatic carbocycles. The third-order valence-corrected chi connectivity index (χ3v) is 4.22. The minimum Gasteiger partial charge on any atom is -0.465 e. The van der Waals surface area contributed by atoms with Gasteiger partial charge in [0.15, 0.2) is 0 Å². The van der Waals surface area contributed by atoms with Gasteiger partial charge in [0.2, 0.25) is 0 Å². The molecule has 2 heteroatoms. The van der Waals surface area contributed by atoms with Crippen LogP contribution in [0.5, 0.6) is 0 Å². The number of carbonyl (C=O) groups is 1. The lowest BCUT2D eigenvalue weighted by Crippen LogP contribution is -2.36. The highest BCUT2D eigenvalue weighted by Gasteiger charge is 2.40. The Kier molecular flexibility index (Phi) is 4.16. The Morgan fingerprint density at radius 1 is 1.09 bits per heavy atom. The topological polar surface area (TPSA) is 26.3 Å². The van der Waals surface area contributed by atoms with Crippen molar-refractivity contribution in [2.45, 2.75) is 19.3 Å². The molecule has 0 saturated carbocycles. The van der Waals surface area contributed by atoms with Gasteiger partial charge in [-0.2, -0.15) is 0 Å². The van der Waals surface area contributed by atoms with E-state index in [1.165, 1.54) is 0 Å². The molecule has 1 atom stereocenters. The maximum atomic E-state index is 12.9. The van der Waals surface area contributed by atoms with Crippen LogP contribution in [0.15, 0.2) is 84.0 Å². The number of fused-ring (bicyclic) bond motifs is 1. The van der Waals surface area contributed by atoms with Gasteiger partial charge in [0.25, 0.3) is 0 Å². The molecule has 3 rings (SSSR count). The van der Waals surface area contributed by atoms with E-state index in [2.05, 4.69) is 6.08 Å². The van der Waals surface area contributed by atoms with Gasteiger partial charge in [0.1, 0.15) is 5.41 Å². The maximum Gasteiger partial charge on any atom is 0.324 e. The third kappa shape index (κ3) is 2.72. The number of allylic oxidation sites excluding steroid dienone is 8. The number of aryl methyl sites for hydroxylation is 1. The first kappa shape index (κ1) is 15.3. The van der Waals surface area contributed by atoms with E-state index < -0.39 is 5.41 Å². The van der Waals surface area contributed by atoms with Crippen LogP contribution in [0, 0.1) is 6.92 Å². The van der Waals surface area contributed by atoms with Crippen molar-refractivity contribution >= 4 is 5.97 Å². The van der Waals surface area contributed by atoms with Gasteiger partial charge in [-0.3, -0.25) is 4.79 Å². The Bertz CT molecular complexity index is 775. The number of rotatable bonds is 3. The molecule has 0 radical (unpaired) electrons. The van der Waals surface area contributed by atoms with Crippen molar-refractivity contribution in [3.05, 3.63) is 95.1 Å². The van der Waals surface area contributed by atoms with Gasteiger partial charge in [-0.25, -0.2) is 0 Å². The van der Waals surface area contributed by atoms with Gasteiger partial charge in [0, 0.05) is 0 Å². The zero-order valence-corrected chi connectivity index (χ0v) is 13.5. The number of hydrogen-bond donors (Lipinski definition) is 0. The average Bonchev–Trinajstić information content (AvgIpc) is 2.79. The van der Waals surface area contributed by atoms with E-state index in [4.69, 9.17) is 4.74 Å². The molecular weight excluding hydrogens is 284 g/mol. The van der Waals surface area contributed by atoms with Crippen LogP contribution in [0.3, 0.4) is 0 Å². The number of benzene rings is 1. The third-order valence-electron chi connectivity index (χ3n) is 4.22. The minimum absolute atomic E-state index is 0.234. The number of esters is 1. The molecule has 116 valence electrons. The van der Waals surface area contributed by atoms with E-state index in [9.17, 15) is 4.79 Å². The van der Waals surface area contributed by atoms with Crippen molar-refractivity contribution in [3.63, 3.8) is 0 Å². The Hall–Kier alpha value is -2.61. The van der Waals surface area contributed by atoms with Crippen molar-refractivity contribution in [2.75, 3.05) is 6.61 Å². The van der Waals surface area contributed by atoms with Crippen molar-refractivity contribution in [1.29, 1.82) is 0 Å². The summed E-state index contributed by atoms with van der Waals surface area (Å²) in [4.78, 5) is 12.9. The van der Waals surface area contributed by atoms with Gasteiger partial charge in [-0.1, -0.05) is 72.9 Å². The molecule has 0 saturated heterocycles. The van der Waals surface area contributed by atoms with Crippen LogP contribution < -0.4 is 0 Å². The molecule has 23 heavy (non-hydrogen) atoms. The molecule has 2 aliphatic rings. The normalized spacial score (nSPS) is 22.0. The van der Waals surface area contributed by atoms with Crippen LogP contribution in [0.25, 0.3) is 0 Å². The maximum absolute atomic E-state index is 12.9. The lowest BCUT2D eigenvalue weighted by molar-refractivity contribution is -0.146. The Balaban J connectivity index is 2.19. The van der Waals surface area contributed by atoms with Crippen molar-refractivity contribution in [3.8, 4) is 0 Å². The Labute approximate surface area is 137 Å². The summed E-state index contributed by atoms with van der Waals surface area (Å²) in [5.41, 5.74) is 3.30. The van der Waals surface area contributed by atoms with Crippen LogP contribution in [0.1, 0.15) is 18.1 Å². The van der Waals surface area contributed by atoms with E-state index in [-0.39, 0.29) is 5.97 Å². The predicted molar refractivity (Wildman–Crippen MR) is 93.1 cm³/mol. The largest absolute Gasteiger partial charge is 0.465 e. The van der Waals surface area contributed by atoms with Crippen LogP contribution in [-0.2, 0) is 14.9 Å². The summed E-state index contributed by atoms with van der Waals surface area (Å²) < 4.78 is 5.41. The molecule has 0 aromatic heterocycles. The molecule has 0 amide bonds. The van der Waals surface area contributed by atoms with E-state index in [0.29, 0.717) is 6.61 Å². The summed E-state index contributed by atoms with van der Waals surface area (Å²) in [7, 11) is 0. The van der Waals surface area contributed by atoms with E-state index in [1.54, 1.807) is 0 Å². The number of ether oxygens (including phenoxy) is 1. The monoisotopic (exact) mass is 304 g/mol. The van der Waals surface area contributed by atoms with E-state index in [1.807, 2.05) is 80.6 Å². The second kappa shape index (κ2) is 6.25. The first-order valence-corrected chi connectivity index (χ1v) is 7.88. The number of carbonyl (C=O) groups excluding carboxylic acids is 1. The molecule has 0 N–H and O–H groups in total. The second-order valence-corrected chi connectivity index (χ2v) is 5.70. The van der Waals surface area contributed by atoms with Crippen molar-refractivity contribution in [1.82, 2.24) is 0 Å². The fourth-order valence-electron chi connectivity index (χ4n) is 3.06. The minimum atomic E-state index is -0.872. The highest BCUT2D eigenvalue weighted by atomic mass is 16.5. The molecule has 1 unspecified atom stereocenters. The molecule has 2 nitrogen and oxygen atoms in total. The van der Waals surface area contributed by atoms with Crippen molar-refractivity contribution < 1.29 is 9.53 Å². The zero-order chi connectivity index (χ0) is 16.3. The van der Waals surface area contributed by atoms with Crippen LogP contribution in [-0.4, -0.2) is 12.6 Å².